The van der Waals surface area contributed by atoms with Crippen LogP contribution in [0.4, 0.5) is 11.4 Å². The average Bonchev–Trinajstić information content (AvgIpc) is 3.36. The van der Waals surface area contributed by atoms with Crippen LogP contribution in [0.5, 0.6) is 0 Å². The summed E-state index contributed by atoms with van der Waals surface area (Å²) in [5.74, 6) is -0.258. The fourth-order valence-electron chi connectivity index (χ4n) is 4.67. The Morgan fingerprint density at radius 2 is 1.41 bits per heavy atom. The Morgan fingerprint density at radius 3 is 2.09 bits per heavy atom. The highest BCUT2D eigenvalue weighted by molar-refractivity contribution is 7.92. The number of benzene rings is 2. The van der Waals surface area contributed by atoms with Crippen molar-refractivity contribution in [3.05, 3.63) is 54.1 Å². The molecule has 0 spiro atoms. The number of anilines is 2. The van der Waals surface area contributed by atoms with E-state index in [1.165, 1.54) is 6.42 Å². The maximum absolute atomic E-state index is 12.7. The van der Waals surface area contributed by atoms with Gasteiger partial charge in [0, 0.05) is 22.9 Å². The molecule has 170 valence electrons. The number of carbonyl (C=O) groups is 2. The van der Waals surface area contributed by atoms with Crippen LogP contribution in [-0.4, -0.2) is 25.5 Å². The molecule has 0 aromatic heterocycles. The minimum atomic E-state index is -3.32. The normalized spacial score (nSPS) is 17.8. The molecule has 0 heterocycles. The van der Waals surface area contributed by atoms with Crippen LogP contribution < -0.4 is 10.6 Å². The lowest BCUT2D eigenvalue weighted by molar-refractivity contribution is -0.120. The summed E-state index contributed by atoms with van der Waals surface area (Å²) in [6, 6.07) is 13.2. The van der Waals surface area contributed by atoms with Crippen LogP contribution in [0.3, 0.4) is 0 Å². The highest BCUT2D eigenvalue weighted by Crippen LogP contribution is 2.30. The minimum absolute atomic E-state index is 0.0151. The highest BCUT2D eigenvalue weighted by Gasteiger charge is 2.30. The lowest BCUT2D eigenvalue weighted by Crippen LogP contribution is -2.24. The van der Waals surface area contributed by atoms with Gasteiger partial charge >= 0.3 is 0 Å². The predicted molar refractivity (Wildman–Crippen MR) is 125 cm³/mol. The number of carbonyl (C=O) groups excluding carboxylic acids is 2. The molecule has 2 N–H and O–H groups in total. The summed E-state index contributed by atoms with van der Waals surface area (Å²) in [7, 11) is -3.32. The first kappa shape index (κ1) is 22.5. The maximum atomic E-state index is 12.7. The van der Waals surface area contributed by atoms with E-state index in [1.807, 2.05) is 0 Å². The summed E-state index contributed by atoms with van der Waals surface area (Å²) < 4.78 is 25.4. The van der Waals surface area contributed by atoms with E-state index < -0.39 is 9.84 Å². The van der Waals surface area contributed by atoms with E-state index in [-0.39, 0.29) is 23.0 Å². The largest absolute Gasteiger partial charge is 0.326 e. The highest BCUT2D eigenvalue weighted by atomic mass is 32.2. The topological polar surface area (TPSA) is 92.3 Å². The molecule has 0 bridgehead atoms. The van der Waals surface area contributed by atoms with Gasteiger partial charge in [-0.2, -0.15) is 0 Å². The van der Waals surface area contributed by atoms with Crippen molar-refractivity contribution in [2.75, 3.05) is 10.6 Å². The molecule has 2 aromatic rings. The number of hydrogen-bond acceptors (Lipinski definition) is 4. The van der Waals surface area contributed by atoms with Gasteiger partial charge in [0.25, 0.3) is 5.91 Å². The van der Waals surface area contributed by atoms with Crippen molar-refractivity contribution in [3.63, 3.8) is 0 Å². The maximum Gasteiger partial charge on any atom is 0.255 e. The molecule has 7 heteroatoms. The van der Waals surface area contributed by atoms with E-state index >= 15 is 0 Å². The van der Waals surface area contributed by atoms with Crippen molar-refractivity contribution in [1.29, 1.82) is 0 Å². The summed E-state index contributed by atoms with van der Waals surface area (Å²) in [5.41, 5.74) is 1.55. The molecular formula is C25H30N2O4S. The second kappa shape index (κ2) is 9.86. The fourth-order valence-corrected chi connectivity index (χ4v) is 6.52. The number of nitrogens with one attached hydrogen (secondary N) is 2. The summed E-state index contributed by atoms with van der Waals surface area (Å²) >= 11 is 0. The molecule has 0 saturated heterocycles. The third kappa shape index (κ3) is 5.21. The van der Waals surface area contributed by atoms with Gasteiger partial charge < -0.3 is 10.6 Å². The van der Waals surface area contributed by atoms with Crippen LogP contribution in [-0.2, 0) is 14.6 Å². The van der Waals surface area contributed by atoms with E-state index in [2.05, 4.69) is 10.6 Å². The molecule has 2 aromatic carbocycles. The Bertz CT molecular complexity index is 1070. The molecular weight excluding hydrogens is 424 g/mol. The molecule has 2 saturated carbocycles. The first-order chi connectivity index (χ1) is 15.4. The molecule has 2 aliphatic carbocycles. The van der Waals surface area contributed by atoms with Gasteiger partial charge in [0.1, 0.15) is 0 Å². The van der Waals surface area contributed by atoms with Gasteiger partial charge in [-0.1, -0.05) is 38.2 Å². The smallest absolute Gasteiger partial charge is 0.255 e. The van der Waals surface area contributed by atoms with Gasteiger partial charge in [-0.25, -0.2) is 8.42 Å². The van der Waals surface area contributed by atoms with Gasteiger partial charge in [-0.3, -0.25) is 9.59 Å². The summed E-state index contributed by atoms with van der Waals surface area (Å²) in [4.78, 5) is 25.5. The zero-order valence-corrected chi connectivity index (χ0v) is 19.0. The first-order valence-corrected chi connectivity index (χ1v) is 13.0. The standard InChI is InChI=1S/C25H30N2O4S/c28-24(18-7-2-1-3-8-18)27-21-10-6-9-19(17-21)25(29)26-20-13-15-23(16-14-20)32(30,31)22-11-4-5-12-22/h6,9-10,13-18,22H,1-5,7-8,11-12H2,(H,26,29)(H,27,28). The van der Waals surface area contributed by atoms with Crippen LogP contribution >= 0.6 is 0 Å². The Balaban J connectivity index is 1.39. The van der Waals surface area contributed by atoms with Crippen LogP contribution in [0.25, 0.3) is 0 Å². The summed E-state index contributed by atoms with van der Waals surface area (Å²) in [6.45, 7) is 0. The van der Waals surface area contributed by atoms with Gasteiger partial charge in [0.05, 0.1) is 10.1 Å². The van der Waals surface area contributed by atoms with E-state index in [9.17, 15) is 18.0 Å². The molecule has 6 nitrogen and oxygen atoms in total. The van der Waals surface area contributed by atoms with Crippen molar-refractivity contribution >= 4 is 33.0 Å². The SMILES string of the molecule is O=C(Nc1ccc(S(=O)(=O)C2CCCC2)cc1)c1cccc(NC(=O)C2CCCCC2)c1. The molecule has 0 aliphatic heterocycles. The van der Waals surface area contributed by atoms with E-state index in [0.717, 1.165) is 38.5 Å². The van der Waals surface area contributed by atoms with Crippen molar-refractivity contribution in [2.45, 2.75) is 67.9 Å². The second-order valence-corrected chi connectivity index (χ2v) is 11.1. The Hall–Kier alpha value is -2.67. The minimum Gasteiger partial charge on any atom is -0.326 e. The molecule has 0 unspecified atom stereocenters. The van der Waals surface area contributed by atoms with Gasteiger partial charge in [-0.15, -0.1) is 0 Å². The summed E-state index contributed by atoms with van der Waals surface area (Å²) in [5, 5.41) is 5.44. The average molecular weight is 455 g/mol. The molecule has 2 amide bonds. The van der Waals surface area contributed by atoms with Crippen LogP contribution in [0.1, 0.15) is 68.1 Å². The number of hydrogen-bond donors (Lipinski definition) is 2. The number of rotatable bonds is 6. The molecule has 0 radical (unpaired) electrons. The van der Waals surface area contributed by atoms with Crippen molar-refractivity contribution in [2.24, 2.45) is 5.92 Å². The zero-order chi connectivity index (χ0) is 22.6. The molecule has 32 heavy (non-hydrogen) atoms. The molecule has 2 fully saturated rings. The van der Waals surface area contributed by atoms with E-state index in [0.29, 0.717) is 34.7 Å². The Kier molecular flexibility index (Phi) is 6.94. The Labute approximate surface area is 189 Å². The lowest BCUT2D eigenvalue weighted by atomic mass is 9.88. The van der Waals surface area contributed by atoms with Gasteiger partial charge in [0.2, 0.25) is 5.91 Å². The first-order valence-electron chi connectivity index (χ1n) is 11.5. The lowest BCUT2D eigenvalue weighted by Gasteiger charge is -2.20. The Morgan fingerprint density at radius 1 is 0.750 bits per heavy atom. The van der Waals surface area contributed by atoms with Crippen molar-refractivity contribution in [1.82, 2.24) is 0 Å². The van der Waals surface area contributed by atoms with Gasteiger partial charge in [0.15, 0.2) is 9.84 Å². The quantitative estimate of drug-likeness (QED) is 0.629. The molecule has 0 atom stereocenters. The van der Waals surface area contributed by atoms with Crippen molar-refractivity contribution < 1.29 is 18.0 Å². The van der Waals surface area contributed by atoms with E-state index in [1.54, 1.807) is 48.5 Å². The number of amides is 2. The fraction of sp³-hybridized carbons (Fsp3) is 0.440. The third-order valence-electron chi connectivity index (χ3n) is 6.55. The van der Waals surface area contributed by atoms with E-state index in [4.69, 9.17) is 0 Å². The van der Waals surface area contributed by atoms with Gasteiger partial charge in [-0.05, 0) is 68.1 Å². The van der Waals surface area contributed by atoms with Crippen LogP contribution in [0, 0.1) is 5.92 Å². The molecule has 4 rings (SSSR count). The second-order valence-electron chi connectivity index (χ2n) is 8.83. The zero-order valence-electron chi connectivity index (χ0n) is 18.2. The van der Waals surface area contributed by atoms with Crippen LogP contribution in [0.2, 0.25) is 0 Å². The molecule has 2 aliphatic rings. The third-order valence-corrected chi connectivity index (χ3v) is 8.83. The van der Waals surface area contributed by atoms with Crippen LogP contribution in [0.15, 0.2) is 53.4 Å². The number of sulfone groups is 1. The monoisotopic (exact) mass is 454 g/mol. The van der Waals surface area contributed by atoms with Crippen molar-refractivity contribution in [3.8, 4) is 0 Å². The summed E-state index contributed by atoms with van der Waals surface area (Å²) in [6.07, 6.45) is 8.53. The predicted octanol–water partition coefficient (Wildman–Crippen LogP) is 5.17.